The number of nitrogens with one attached hydrogen (secondary N) is 2. The van der Waals surface area contributed by atoms with Crippen LogP contribution in [0.15, 0.2) is 48.5 Å². The molecule has 5 rings (SSSR count). The van der Waals surface area contributed by atoms with Gasteiger partial charge in [-0.1, -0.05) is 47.7 Å². The number of methoxy groups -OCH3 is 1. The number of hydrogen-bond donors (Lipinski definition) is 3. The number of fused-ring (bicyclic) bond motifs is 5. The van der Waals surface area contributed by atoms with Gasteiger partial charge in [-0.3, -0.25) is 29.0 Å². The van der Waals surface area contributed by atoms with Gasteiger partial charge in [0.2, 0.25) is 17.7 Å². The Bertz CT molecular complexity index is 1860. The highest BCUT2D eigenvalue weighted by Crippen LogP contribution is 2.41. The predicted octanol–water partition coefficient (Wildman–Crippen LogP) is 1.11. The van der Waals surface area contributed by atoms with Crippen molar-refractivity contribution in [3.05, 3.63) is 54.1 Å². The van der Waals surface area contributed by atoms with Crippen molar-refractivity contribution in [2.75, 3.05) is 138 Å². The molecule has 0 spiro atoms. The van der Waals surface area contributed by atoms with Crippen molar-refractivity contribution in [2.24, 2.45) is 0 Å². The molecule has 2 aliphatic rings. The Balaban J connectivity index is 1.17. The highest BCUT2D eigenvalue weighted by molar-refractivity contribution is 6.00. The molecule has 61 heavy (non-hydrogen) atoms. The number of amides is 3. The fraction of sp³-hybridized carbons (Fsp3) is 0.581. The molecule has 3 N–H and O–H groups in total. The van der Waals surface area contributed by atoms with Crippen LogP contribution < -0.4 is 15.5 Å². The number of para-hydroxylation sites is 1. The maximum atomic E-state index is 13.9. The van der Waals surface area contributed by atoms with Crippen molar-refractivity contribution in [1.82, 2.24) is 45.2 Å². The van der Waals surface area contributed by atoms with Crippen molar-refractivity contribution in [3.8, 4) is 22.5 Å². The Labute approximate surface area is 359 Å². The third-order valence-electron chi connectivity index (χ3n) is 10.8. The van der Waals surface area contributed by atoms with Gasteiger partial charge in [-0.05, 0) is 32.1 Å². The molecule has 3 amide bonds. The molecule has 18 nitrogen and oxygen atoms in total. The summed E-state index contributed by atoms with van der Waals surface area (Å²) >= 11 is 0. The van der Waals surface area contributed by atoms with E-state index in [0.29, 0.717) is 90.0 Å². The van der Waals surface area contributed by atoms with E-state index in [2.05, 4.69) is 49.7 Å². The lowest BCUT2D eigenvalue weighted by molar-refractivity contribution is -0.138. The smallest absolute Gasteiger partial charge is 0.317 e. The fourth-order valence-electron chi connectivity index (χ4n) is 7.27. The van der Waals surface area contributed by atoms with Crippen LogP contribution in [0.1, 0.15) is 24.8 Å². The predicted molar refractivity (Wildman–Crippen MR) is 231 cm³/mol. The number of benzene rings is 2. The molecule has 0 bridgehead atoms. The Morgan fingerprint density at radius 1 is 0.705 bits per heavy atom. The van der Waals surface area contributed by atoms with E-state index in [9.17, 15) is 24.3 Å². The molecule has 0 saturated carbocycles. The van der Waals surface area contributed by atoms with Crippen LogP contribution in [-0.4, -0.2) is 196 Å². The molecule has 1 fully saturated rings. The summed E-state index contributed by atoms with van der Waals surface area (Å²) in [5.41, 5.74) is 4.84. The molecule has 1 aromatic heterocycles. The molecular formula is C43H64N10O8. The SMILES string of the molecule is COCCOCCOCCC(=O)NCCC(=O)N1Cc2ccccc2-c2c(nnn2CCCNC(=O)CN2CCN(C)CCN(C)CCN(CC(=O)O)CC2)-c2ccccc21. The first-order chi connectivity index (χ1) is 29.6. The van der Waals surface area contributed by atoms with Crippen molar-refractivity contribution in [1.29, 1.82) is 0 Å². The van der Waals surface area contributed by atoms with E-state index >= 15 is 0 Å². The number of aryl methyl sites for hydroxylation is 1. The molecule has 18 heteroatoms. The number of carboxylic acid groups (broad SMARTS) is 1. The van der Waals surface area contributed by atoms with Crippen LogP contribution >= 0.6 is 0 Å². The van der Waals surface area contributed by atoms with Gasteiger partial charge in [0.25, 0.3) is 0 Å². The topological polar surface area (TPSA) is 187 Å². The molecule has 1 saturated heterocycles. The van der Waals surface area contributed by atoms with E-state index in [1.165, 1.54) is 0 Å². The van der Waals surface area contributed by atoms with Crippen molar-refractivity contribution in [2.45, 2.75) is 32.4 Å². The normalized spacial score (nSPS) is 16.0. The van der Waals surface area contributed by atoms with E-state index in [1.54, 1.807) is 12.0 Å². The zero-order valence-corrected chi connectivity index (χ0v) is 36.1. The van der Waals surface area contributed by atoms with Gasteiger partial charge in [-0.15, -0.1) is 5.10 Å². The second kappa shape index (κ2) is 25.2. The highest BCUT2D eigenvalue weighted by Gasteiger charge is 2.29. The zero-order chi connectivity index (χ0) is 43.4. The van der Waals surface area contributed by atoms with Crippen LogP contribution in [0.2, 0.25) is 0 Å². The zero-order valence-electron chi connectivity index (χ0n) is 36.1. The molecule has 2 aromatic carbocycles. The molecule has 0 unspecified atom stereocenters. The maximum absolute atomic E-state index is 13.9. The van der Waals surface area contributed by atoms with Gasteiger partial charge in [0.15, 0.2) is 0 Å². The van der Waals surface area contributed by atoms with Crippen LogP contribution in [0.4, 0.5) is 5.69 Å². The number of aromatic nitrogens is 3. The standard InChI is InChI=1S/C43H64N10O8/c1-48-18-19-49(2)21-23-51(33-41(57)58)25-24-50(22-20-48)32-39(55)44-15-8-17-53-43-35-10-5-4-9-34(35)31-52(37-12-7-6-11-36(37)42(43)46-47-53)40(56)13-16-45-38(54)14-26-60-29-30-61-28-27-59-3/h4-7,9-12H,8,13-33H2,1-3H3,(H,44,55)(H,45,54)(H,57,58). The van der Waals surface area contributed by atoms with Gasteiger partial charge in [0, 0.05) is 103 Å². The molecule has 0 aliphatic carbocycles. The van der Waals surface area contributed by atoms with E-state index < -0.39 is 5.97 Å². The second-order valence-electron chi connectivity index (χ2n) is 15.5. The van der Waals surface area contributed by atoms with Crippen molar-refractivity contribution < 1.29 is 38.5 Å². The first-order valence-corrected chi connectivity index (χ1v) is 21.3. The summed E-state index contributed by atoms with van der Waals surface area (Å²) in [5.74, 6) is -1.26. The first kappa shape index (κ1) is 47.2. The lowest BCUT2D eigenvalue weighted by atomic mass is 9.95. The van der Waals surface area contributed by atoms with Gasteiger partial charge in [-0.2, -0.15) is 0 Å². The minimum absolute atomic E-state index is 0.0291. The summed E-state index contributed by atoms with van der Waals surface area (Å²) in [6.45, 7) is 9.57. The number of aliphatic carboxylic acids is 1. The van der Waals surface area contributed by atoms with E-state index in [-0.39, 0.29) is 56.8 Å². The third kappa shape index (κ3) is 15.2. The minimum Gasteiger partial charge on any atom is -0.480 e. The first-order valence-electron chi connectivity index (χ1n) is 21.3. The van der Waals surface area contributed by atoms with Crippen LogP contribution in [-0.2, 0) is 46.5 Å². The average molecular weight is 849 g/mol. The van der Waals surface area contributed by atoms with Crippen LogP contribution in [0.3, 0.4) is 0 Å². The lowest BCUT2D eigenvalue weighted by Crippen LogP contribution is -2.47. The molecule has 0 radical (unpaired) electrons. The van der Waals surface area contributed by atoms with Gasteiger partial charge in [0.1, 0.15) is 5.69 Å². The highest BCUT2D eigenvalue weighted by atomic mass is 16.5. The summed E-state index contributed by atoms with van der Waals surface area (Å²) in [6.07, 6.45) is 0.903. The van der Waals surface area contributed by atoms with Crippen molar-refractivity contribution >= 4 is 29.4 Å². The summed E-state index contributed by atoms with van der Waals surface area (Å²) in [7, 11) is 5.76. The maximum Gasteiger partial charge on any atom is 0.317 e. The fourth-order valence-corrected chi connectivity index (χ4v) is 7.27. The Morgan fingerprint density at radius 3 is 2.03 bits per heavy atom. The van der Waals surface area contributed by atoms with E-state index in [0.717, 1.165) is 48.6 Å². The Kier molecular flexibility index (Phi) is 19.5. The largest absolute Gasteiger partial charge is 0.480 e. The number of likely N-dealkylation sites (N-methyl/N-ethyl adjacent to an activating group) is 2. The molecule has 3 heterocycles. The number of rotatable bonds is 20. The molecule has 2 aliphatic heterocycles. The summed E-state index contributed by atoms with van der Waals surface area (Å²) < 4.78 is 17.7. The van der Waals surface area contributed by atoms with Gasteiger partial charge in [-0.25, -0.2) is 4.68 Å². The summed E-state index contributed by atoms with van der Waals surface area (Å²) in [4.78, 5) is 61.4. The van der Waals surface area contributed by atoms with Crippen LogP contribution in [0.5, 0.6) is 0 Å². The number of hydrogen-bond acceptors (Lipinski definition) is 13. The van der Waals surface area contributed by atoms with Gasteiger partial charge in [0.05, 0.1) is 64.0 Å². The number of nitrogens with zero attached hydrogens (tertiary/aromatic N) is 8. The number of carbonyl (C=O) groups excluding carboxylic acids is 3. The number of carboxylic acids is 1. The minimum atomic E-state index is -0.854. The van der Waals surface area contributed by atoms with Gasteiger partial charge >= 0.3 is 5.97 Å². The summed E-state index contributed by atoms with van der Waals surface area (Å²) in [6, 6.07) is 15.6. The monoisotopic (exact) mass is 848 g/mol. The molecule has 334 valence electrons. The van der Waals surface area contributed by atoms with Gasteiger partial charge < -0.3 is 44.7 Å². The average Bonchev–Trinajstić information content (AvgIpc) is 3.66. The van der Waals surface area contributed by atoms with E-state index in [1.807, 2.05) is 58.1 Å². The Morgan fingerprint density at radius 2 is 1.31 bits per heavy atom. The van der Waals surface area contributed by atoms with Crippen LogP contribution in [0, 0.1) is 0 Å². The molecule has 3 aromatic rings. The lowest BCUT2D eigenvalue weighted by Gasteiger charge is -2.31. The quantitative estimate of drug-likeness (QED) is 0.137. The van der Waals surface area contributed by atoms with Crippen LogP contribution in [0.25, 0.3) is 22.5 Å². The number of carbonyl (C=O) groups is 4. The second-order valence-corrected chi connectivity index (χ2v) is 15.5. The Hall–Kier alpha value is -4.82. The number of anilines is 1. The molecular weight excluding hydrogens is 785 g/mol. The van der Waals surface area contributed by atoms with E-state index in [4.69, 9.17) is 14.2 Å². The summed E-state index contributed by atoms with van der Waals surface area (Å²) in [5, 5.41) is 24.7. The number of ether oxygens (including phenoxy) is 3. The van der Waals surface area contributed by atoms with Crippen molar-refractivity contribution in [3.63, 3.8) is 0 Å². The third-order valence-corrected chi connectivity index (χ3v) is 10.8. The molecule has 0 atom stereocenters.